The molecule has 29 heavy (non-hydrogen) atoms. The molecule has 3 fully saturated rings. The molecule has 0 aromatic rings. The number of hydrogen-bond donors (Lipinski definition) is 2. The molecule has 3 aliphatic rings. The number of piperidine rings is 1. The Morgan fingerprint density at radius 1 is 1.03 bits per heavy atom. The summed E-state index contributed by atoms with van der Waals surface area (Å²) in [4.78, 5) is 20.5. The molecule has 168 valence electrons. The van der Waals surface area contributed by atoms with Crippen molar-refractivity contribution in [3.8, 4) is 0 Å². The molecule has 2 heterocycles. The third kappa shape index (κ3) is 7.45. The van der Waals surface area contributed by atoms with Crippen LogP contribution in [0.3, 0.4) is 0 Å². The van der Waals surface area contributed by atoms with Crippen molar-refractivity contribution in [1.29, 1.82) is 0 Å². The first kappa shape index (κ1) is 24.5. The van der Waals surface area contributed by atoms with E-state index in [4.69, 9.17) is 4.74 Å². The topological polar surface area (TPSA) is 69.2 Å². The number of likely N-dealkylation sites (tertiary alicyclic amines) is 2. The monoisotopic (exact) mass is 521 g/mol. The molecule has 0 aromatic heterocycles. The van der Waals surface area contributed by atoms with E-state index in [0.717, 1.165) is 44.4 Å². The van der Waals surface area contributed by atoms with E-state index in [2.05, 4.69) is 20.5 Å². The number of carbonyl (C=O) groups excluding carboxylic acids is 1. The van der Waals surface area contributed by atoms with E-state index in [9.17, 15) is 4.79 Å². The van der Waals surface area contributed by atoms with E-state index in [1.165, 1.54) is 65.1 Å². The summed E-state index contributed by atoms with van der Waals surface area (Å²) in [5.74, 6) is 1.80. The van der Waals surface area contributed by atoms with E-state index < -0.39 is 0 Å². The average molecular weight is 521 g/mol. The normalized spacial score (nSPS) is 24.8. The second-order valence-corrected chi connectivity index (χ2v) is 8.62. The standard InChI is InChI=1S/C21H39N5O2.HI/c1-22-20(24-18-10-13-25(14-11-18)21(27)28-2)23-15-19-9-6-12-26(19)16-17-7-4-3-5-8-17;/h17-19H,3-16H2,1-2H3,(H2,22,23,24);1H. The fourth-order valence-electron chi connectivity index (χ4n) is 5.01. The first-order chi connectivity index (χ1) is 13.7. The Morgan fingerprint density at radius 2 is 1.76 bits per heavy atom. The van der Waals surface area contributed by atoms with Crippen LogP contribution in [0.4, 0.5) is 4.79 Å². The van der Waals surface area contributed by atoms with Gasteiger partial charge in [0.25, 0.3) is 0 Å². The molecule has 1 amide bonds. The molecular weight excluding hydrogens is 481 g/mol. The van der Waals surface area contributed by atoms with Crippen molar-refractivity contribution in [1.82, 2.24) is 20.4 Å². The Bertz CT molecular complexity index is 519. The van der Waals surface area contributed by atoms with Crippen LogP contribution in [-0.2, 0) is 4.74 Å². The zero-order chi connectivity index (χ0) is 19.8. The van der Waals surface area contributed by atoms with Gasteiger partial charge in [-0.15, -0.1) is 24.0 Å². The lowest BCUT2D eigenvalue weighted by Crippen LogP contribution is -2.51. The fraction of sp³-hybridized carbons (Fsp3) is 0.905. The van der Waals surface area contributed by atoms with Gasteiger partial charge in [-0.05, 0) is 51.0 Å². The summed E-state index contributed by atoms with van der Waals surface area (Å²) in [6.07, 6.45) is 11.3. The highest BCUT2D eigenvalue weighted by atomic mass is 127. The second-order valence-electron chi connectivity index (χ2n) is 8.62. The number of nitrogens with zero attached hydrogens (tertiary/aromatic N) is 3. The predicted molar refractivity (Wildman–Crippen MR) is 128 cm³/mol. The van der Waals surface area contributed by atoms with Crippen LogP contribution >= 0.6 is 24.0 Å². The molecule has 2 aliphatic heterocycles. The lowest BCUT2D eigenvalue weighted by molar-refractivity contribution is 0.111. The molecule has 1 aliphatic carbocycles. The number of methoxy groups -OCH3 is 1. The molecule has 8 heteroatoms. The van der Waals surface area contributed by atoms with Gasteiger partial charge in [0.05, 0.1) is 7.11 Å². The van der Waals surface area contributed by atoms with Gasteiger partial charge >= 0.3 is 6.09 Å². The van der Waals surface area contributed by atoms with Crippen LogP contribution in [0.25, 0.3) is 0 Å². The molecule has 1 unspecified atom stereocenters. The highest BCUT2D eigenvalue weighted by molar-refractivity contribution is 14.0. The number of aliphatic imine (C=N–C) groups is 1. The molecule has 2 saturated heterocycles. The Morgan fingerprint density at radius 3 is 2.41 bits per heavy atom. The molecule has 2 N–H and O–H groups in total. The number of hydrogen-bond acceptors (Lipinski definition) is 4. The third-order valence-electron chi connectivity index (χ3n) is 6.71. The summed E-state index contributed by atoms with van der Waals surface area (Å²) in [6, 6.07) is 0.982. The molecular formula is C21H40IN5O2. The average Bonchev–Trinajstić information content (AvgIpc) is 3.18. The van der Waals surface area contributed by atoms with Crippen molar-refractivity contribution >= 4 is 36.0 Å². The van der Waals surface area contributed by atoms with Crippen molar-refractivity contribution in [2.75, 3.05) is 46.9 Å². The summed E-state index contributed by atoms with van der Waals surface area (Å²) in [6.45, 7) is 4.97. The van der Waals surface area contributed by atoms with Crippen LogP contribution in [0.2, 0.25) is 0 Å². The fourth-order valence-corrected chi connectivity index (χ4v) is 5.01. The van der Waals surface area contributed by atoms with Crippen molar-refractivity contribution in [2.24, 2.45) is 10.9 Å². The molecule has 7 nitrogen and oxygen atoms in total. The largest absolute Gasteiger partial charge is 0.453 e. The van der Waals surface area contributed by atoms with Crippen LogP contribution in [-0.4, -0.2) is 80.8 Å². The Labute approximate surface area is 193 Å². The lowest BCUT2D eigenvalue weighted by atomic mass is 9.89. The SMILES string of the molecule is CN=C(NCC1CCCN1CC1CCCCC1)NC1CCN(C(=O)OC)CC1.I. The second kappa shape index (κ2) is 12.8. The summed E-state index contributed by atoms with van der Waals surface area (Å²) in [5, 5.41) is 7.11. The van der Waals surface area contributed by atoms with Crippen LogP contribution in [0.5, 0.6) is 0 Å². The summed E-state index contributed by atoms with van der Waals surface area (Å²) in [5.41, 5.74) is 0. The number of nitrogens with one attached hydrogen (secondary N) is 2. The van der Waals surface area contributed by atoms with Gasteiger partial charge in [-0.25, -0.2) is 4.79 Å². The molecule has 0 radical (unpaired) electrons. The van der Waals surface area contributed by atoms with Crippen molar-refractivity contribution < 1.29 is 9.53 Å². The van der Waals surface area contributed by atoms with Gasteiger partial charge < -0.3 is 20.3 Å². The highest BCUT2D eigenvalue weighted by Crippen LogP contribution is 2.27. The van der Waals surface area contributed by atoms with E-state index in [0.29, 0.717) is 12.1 Å². The number of ether oxygens (including phenoxy) is 1. The lowest BCUT2D eigenvalue weighted by Gasteiger charge is -2.33. The van der Waals surface area contributed by atoms with Gasteiger partial charge in [-0.3, -0.25) is 9.89 Å². The van der Waals surface area contributed by atoms with Gasteiger partial charge in [0.2, 0.25) is 0 Å². The molecule has 0 aromatic carbocycles. The first-order valence-corrected chi connectivity index (χ1v) is 11.2. The summed E-state index contributed by atoms with van der Waals surface area (Å²) >= 11 is 0. The number of rotatable bonds is 5. The van der Waals surface area contributed by atoms with Gasteiger partial charge in [-0.1, -0.05) is 19.3 Å². The number of halogens is 1. The third-order valence-corrected chi connectivity index (χ3v) is 6.71. The van der Waals surface area contributed by atoms with Crippen LogP contribution in [0.15, 0.2) is 4.99 Å². The van der Waals surface area contributed by atoms with Crippen LogP contribution in [0.1, 0.15) is 57.8 Å². The van der Waals surface area contributed by atoms with Gasteiger partial charge in [-0.2, -0.15) is 0 Å². The molecule has 0 bridgehead atoms. The summed E-state index contributed by atoms with van der Waals surface area (Å²) < 4.78 is 4.81. The van der Waals surface area contributed by atoms with Crippen molar-refractivity contribution in [3.63, 3.8) is 0 Å². The van der Waals surface area contributed by atoms with Crippen LogP contribution < -0.4 is 10.6 Å². The van der Waals surface area contributed by atoms with Gasteiger partial charge in [0.1, 0.15) is 0 Å². The minimum atomic E-state index is -0.222. The highest BCUT2D eigenvalue weighted by Gasteiger charge is 2.28. The zero-order valence-corrected chi connectivity index (χ0v) is 20.5. The van der Waals surface area contributed by atoms with Gasteiger partial charge in [0.15, 0.2) is 5.96 Å². The molecule has 1 atom stereocenters. The number of carbonyl (C=O) groups is 1. The van der Waals surface area contributed by atoms with E-state index >= 15 is 0 Å². The minimum absolute atomic E-state index is 0. The number of amides is 1. The van der Waals surface area contributed by atoms with Crippen molar-refractivity contribution in [3.05, 3.63) is 0 Å². The predicted octanol–water partition coefficient (Wildman–Crippen LogP) is 3.04. The quantitative estimate of drug-likeness (QED) is 0.331. The van der Waals surface area contributed by atoms with E-state index in [1.807, 2.05) is 7.05 Å². The van der Waals surface area contributed by atoms with Crippen molar-refractivity contribution in [2.45, 2.75) is 69.9 Å². The Balaban J connectivity index is 0.00000300. The molecule has 0 spiro atoms. The molecule has 3 rings (SSSR count). The van der Waals surface area contributed by atoms with Crippen LogP contribution in [0, 0.1) is 5.92 Å². The summed E-state index contributed by atoms with van der Waals surface area (Å²) in [7, 11) is 3.28. The zero-order valence-electron chi connectivity index (χ0n) is 18.2. The van der Waals surface area contributed by atoms with E-state index in [-0.39, 0.29) is 30.1 Å². The first-order valence-electron chi connectivity index (χ1n) is 11.2. The minimum Gasteiger partial charge on any atom is -0.453 e. The molecule has 1 saturated carbocycles. The van der Waals surface area contributed by atoms with E-state index in [1.54, 1.807) is 4.90 Å². The maximum atomic E-state index is 11.6. The smallest absolute Gasteiger partial charge is 0.409 e. The Hall–Kier alpha value is -0.770. The maximum absolute atomic E-state index is 11.6. The number of guanidine groups is 1. The van der Waals surface area contributed by atoms with Gasteiger partial charge in [0, 0.05) is 45.3 Å². The maximum Gasteiger partial charge on any atom is 0.409 e. The Kier molecular flexibility index (Phi) is 10.8.